The third-order valence-electron chi connectivity index (χ3n) is 6.58. The molecule has 190 valence electrons. The average molecular weight is 518 g/mol. The molecular formula is C25H35N5O3S2. The Morgan fingerprint density at radius 2 is 1.86 bits per heavy atom. The summed E-state index contributed by atoms with van der Waals surface area (Å²) in [5.41, 5.74) is 1.26. The van der Waals surface area contributed by atoms with Gasteiger partial charge in [0.05, 0.1) is 4.91 Å². The topological polar surface area (TPSA) is 81.8 Å². The van der Waals surface area contributed by atoms with Crippen molar-refractivity contribution in [1.82, 2.24) is 14.4 Å². The summed E-state index contributed by atoms with van der Waals surface area (Å²) in [7, 11) is 1.63. The lowest BCUT2D eigenvalue weighted by Gasteiger charge is -2.37. The fraction of sp³-hybridized carbons (Fsp3) is 0.600. The van der Waals surface area contributed by atoms with Crippen LogP contribution in [0.1, 0.15) is 49.8 Å². The van der Waals surface area contributed by atoms with Gasteiger partial charge in [-0.2, -0.15) is 5.26 Å². The van der Waals surface area contributed by atoms with E-state index < -0.39 is 0 Å². The molecule has 2 aliphatic rings. The molecular weight excluding hydrogens is 482 g/mol. The number of ether oxygens (including phenoxy) is 1. The monoisotopic (exact) mass is 517 g/mol. The minimum Gasteiger partial charge on any atom is -0.385 e. The molecule has 1 aromatic rings. The van der Waals surface area contributed by atoms with E-state index >= 15 is 0 Å². The van der Waals surface area contributed by atoms with Crippen LogP contribution in [0.15, 0.2) is 9.70 Å². The highest BCUT2D eigenvalue weighted by Crippen LogP contribution is 2.36. The molecule has 3 rings (SSSR count). The van der Waals surface area contributed by atoms with Crippen LogP contribution in [-0.4, -0.2) is 77.6 Å². The highest BCUT2D eigenvalue weighted by molar-refractivity contribution is 8.26. The Labute approximate surface area is 217 Å². The number of unbranched alkanes of at least 4 members (excludes halogenated alkanes) is 1. The Morgan fingerprint density at radius 3 is 2.46 bits per heavy atom. The number of hydrogen-bond acceptors (Lipinski definition) is 8. The SMILES string of the molecule is CCCCn1c(N2CCN(CC)CC2)c(/C=C2/SC(=S)N(CCCOC)C2=O)c(C)c(C#N)c1=O. The van der Waals surface area contributed by atoms with Gasteiger partial charge in [-0.3, -0.25) is 19.1 Å². The van der Waals surface area contributed by atoms with Crippen LogP contribution in [-0.2, 0) is 16.1 Å². The van der Waals surface area contributed by atoms with Crippen LogP contribution in [0.3, 0.4) is 0 Å². The van der Waals surface area contributed by atoms with Gasteiger partial charge in [-0.05, 0) is 37.9 Å². The summed E-state index contributed by atoms with van der Waals surface area (Å²) in [6, 6.07) is 2.12. The number of rotatable bonds is 10. The van der Waals surface area contributed by atoms with Crippen molar-refractivity contribution in [3.8, 4) is 6.07 Å². The molecule has 2 saturated heterocycles. The average Bonchev–Trinajstić information content (AvgIpc) is 3.12. The van der Waals surface area contributed by atoms with E-state index in [1.165, 1.54) is 11.8 Å². The number of amides is 1. The molecule has 0 N–H and O–H groups in total. The van der Waals surface area contributed by atoms with Crippen molar-refractivity contribution >= 4 is 46.1 Å². The summed E-state index contributed by atoms with van der Waals surface area (Å²) < 4.78 is 7.39. The zero-order valence-corrected chi connectivity index (χ0v) is 22.8. The number of thioether (sulfide) groups is 1. The van der Waals surface area contributed by atoms with Crippen LogP contribution in [0.5, 0.6) is 0 Å². The Bertz CT molecular complexity index is 1080. The lowest BCUT2D eigenvalue weighted by molar-refractivity contribution is -0.122. The molecule has 1 aromatic heterocycles. The number of anilines is 1. The highest BCUT2D eigenvalue weighted by Gasteiger charge is 2.33. The van der Waals surface area contributed by atoms with E-state index in [1.807, 2.05) is 6.08 Å². The molecule has 0 saturated carbocycles. The second-order valence-electron chi connectivity index (χ2n) is 8.76. The number of piperazine rings is 1. The maximum Gasteiger partial charge on any atom is 0.270 e. The smallest absolute Gasteiger partial charge is 0.270 e. The van der Waals surface area contributed by atoms with E-state index in [-0.39, 0.29) is 17.0 Å². The molecule has 0 bridgehead atoms. The first-order valence-corrected chi connectivity index (χ1v) is 13.5. The predicted molar refractivity (Wildman–Crippen MR) is 146 cm³/mol. The number of pyridine rings is 1. The first-order chi connectivity index (χ1) is 16.9. The van der Waals surface area contributed by atoms with Gasteiger partial charge in [0.1, 0.15) is 21.8 Å². The summed E-state index contributed by atoms with van der Waals surface area (Å²) in [4.78, 5) is 33.4. The summed E-state index contributed by atoms with van der Waals surface area (Å²) in [5.74, 6) is 0.669. The Morgan fingerprint density at radius 1 is 1.14 bits per heavy atom. The van der Waals surface area contributed by atoms with Crippen LogP contribution >= 0.6 is 24.0 Å². The molecule has 0 aliphatic carbocycles. The van der Waals surface area contributed by atoms with Crippen molar-refractivity contribution in [2.24, 2.45) is 0 Å². The normalized spacial score (nSPS) is 18.1. The number of aromatic nitrogens is 1. The van der Waals surface area contributed by atoms with Crippen LogP contribution in [0.25, 0.3) is 6.08 Å². The van der Waals surface area contributed by atoms with Gasteiger partial charge in [-0.1, -0.05) is 44.2 Å². The molecule has 2 fully saturated rings. The quantitative estimate of drug-likeness (QED) is 0.266. The molecule has 0 aromatic carbocycles. The van der Waals surface area contributed by atoms with E-state index in [2.05, 4.69) is 29.7 Å². The molecule has 1 amide bonds. The van der Waals surface area contributed by atoms with Gasteiger partial charge in [0.2, 0.25) is 0 Å². The Kier molecular flexibility index (Phi) is 9.92. The van der Waals surface area contributed by atoms with Crippen molar-refractivity contribution in [1.29, 1.82) is 5.26 Å². The summed E-state index contributed by atoms with van der Waals surface area (Å²) in [5, 5.41) is 9.84. The summed E-state index contributed by atoms with van der Waals surface area (Å²) >= 11 is 6.77. The standard InChI is InChI=1S/C25H35N5O3S2/c1-5-7-9-29-22(28-13-11-27(6-2)12-14-28)19(18(3)20(17-26)23(29)31)16-21-24(32)30(25(34)35-21)10-8-15-33-4/h16H,5-15H2,1-4H3/b21-16+. The number of hydrogen-bond donors (Lipinski definition) is 0. The van der Waals surface area contributed by atoms with E-state index in [9.17, 15) is 14.9 Å². The predicted octanol–water partition coefficient (Wildman–Crippen LogP) is 3.21. The fourth-order valence-corrected chi connectivity index (χ4v) is 5.77. The largest absolute Gasteiger partial charge is 0.385 e. The molecule has 0 spiro atoms. The second kappa shape index (κ2) is 12.7. The second-order valence-corrected chi connectivity index (χ2v) is 10.4. The highest BCUT2D eigenvalue weighted by atomic mass is 32.2. The maximum absolute atomic E-state index is 13.4. The molecule has 35 heavy (non-hydrogen) atoms. The van der Waals surface area contributed by atoms with Crippen molar-refractivity contribution in [3.63, 3.8) is 0 Å². The van der Waals surface area contributed by atoms with Crippen molar-refractivity contribution in [2.45, 2.75) is 46.6 Å². The third-order valence-corrected chi connectivity index (χ3v) is 7.96. The fourth-order valence-electron chi connectivity index (χ4n) is 4.48. The molecule has 0 unspecified atom stereocenters. The Hall–Kier alpha value is -2.19. The summed E-state index contributed by atoms with van der Waals surface area (Å²) in [6.07, 6.45) is 4.30. The first-order valence-electron chi connectivity index (χ1n) is 12.3. The number of likely N-dealkylation sites (N-methyl/N-ethyl adjacent to an activating group) is 1. The third kappa shape index (κ3) is 5.97. The number of thiocarbonyl (C=S) groups is 1. The number of carbonyl (C=O) groups is 1. The summed E-state index contributed by atoms with van der Waals surface area (Å²) in [6.45, 7) is 12.0. The Balaban J connectivity index is 2.12. The molecule has 3 heterocycles. The van der Waals surface area contributed by atoms with E-state index in [1.54, 1.807) is 23.5 Å². The number of nitriles is 1. The van der Waals surface area contributed by atoms with Crippen LogP contribution in [0, 0.1) is 18.3 Å². The van der Waals surface area contributed by atoms with E-state index in [0.29, 0.717) is 40.9 Å². The van der Waals surface area contributed by atoms with Gasteiger partial charge in [0, 0.05) is 58.5 Å². The zero-order chi connectivity index (χ0) is 25.5. The van der Waals surface area contributed by atoms with Gasteiger partial charge in [-0.25, -0.2) is 0 Å². The maximum atomic E-state index is 13.4. The van der Waals surface area contributed by atoms with Gasteiger partial charge in [0.15, 0.2) is 0 Å². The van der Waals surface area contributed by atoms with E-state index in [0.717, 1.165) is 56.9 Å². The van der Waals surface area contributed by atoms with Crippen LogP contribution in [0.4, 0.5) is 5.82 Å². The minimum absolute atomic E-state index is 0.137. The lowest BCUT2D eigenvalue weighted by Crippen LogP contribution is -2.48. The number of carbonyl (C=O) groups excluding carboxylic acids is 1. The molecule has 0 atom stereocenters. The van der Waals surface area contributed by atoms with Gasteiger partial charge in [-0.15, -0.1) is 0 Å². The van der Waals surface area contributed by atoms with Gasteiger partial charge < -0.3 is 14.5 Å². The van der Waals surface area contributed by atoms with Crippen molar-refractivity contribution in [3.05, 3.63) is 31.9 Å². The zero-order valence-electron chi connectivity index (χ0n) is 21.1. The van der Waals surface area contributed by atoms with Crippen LogP contribution < -0.4 is 10.5 Å². The minimum atomic E-state index is -0.254. The first kappa shape index (κ1) is 27.4. The lowest BCUT2D eigenvalue weighted by atomic mass is 10.0. The number of methoxy groups -OCH3 is 1. The van der Waals surface area contributed by atoms with Crippen LogP contribution in [0.2, 0.25) is 0 Å². The molecule has 2 aliphatic heterocycles. The molecule has 10 heteroatoms. The van der Waals surface area contributed by atoms with Crippen molar-refractivity contribution in [2.75, 3.05) is 57.9 Å². The molecule has 0 radical (unpaired) electrons. The molecule has 8 nitrogen and oxygen atoms in total. The number of nitrogens with zero attached hydrogens (tertiary/aromatic N) is 5. The van der Waals surface area contributed by atoms with Gasteiger partial charge >= 0.3 is 0 Å². The van der Waals surface area contributed by atoms with Gasteiger partial charge in [0.25, 0.3) is 11.5 Å². The van der Waals surface area contributed by atoms with E-state index in [4.69, 9.17) is 17.0 Å². The van der Waals surface area contributed by atoms with Crippen molar-refractivity contribution < 1.29 is 9.53 Å².